The molecule has 0 N–H and O–H groups in total. The molecule has 0 bridgehead atoms. The summed E-state index contributed by atoms with van der Waals surface area (Å²) in [7, 11) is -3.83. The third-order valence-electron chi connectivity index (χ3n) is 3.81. The van der Waals surface area contributed by atoms with Crippen molar-refractivity contribution in [3.05, 3.63) is 64.4 Å². The van der Waals surface area contributed by atoms with Crippen LogP contribution in [-0.4, -0.2) is 31.8 Å². The Hall–Kier alpha value is -1.96. The maximum Gasteiger partial charge on any atom is 0.338 e. The highest BCUT2D eigenvalue weighted by atomic mass is 35.5. The van der Waals surface area contributed by atoms with E-state index in [4.69, 9.17) is 16.3 Å². The van der Waals surface area contributed by atoms with E-state index in [-0.39, 0.29) is 40.7 Å². The first-order valence-electron chi connectivity index (χ1n) is 8.01. The van der Waals surface area contributed by atoms with Crippen LogP contribution in [0.5, 0.6) is 0 Å². The first-order chi connectivity index (χ1) is 12.3. The van der Waals surface area contributed by atoms with Gasteiger partial charge in [-0.25, -0.2) is 17.6 Å². The van der Waals surface area contributed by atoms with Crippen LogP contribution in [0.15, 0.2) is 47.4 Å². The maximum atomic E-state index is 13.6. The fourth-order valence-electron chi connectivity index (χ4n) is 2.37. The van der Waals surface area contributed by atoms with Crippen molar-refractivity contribution in [2.24, 2.45) is 0 Å². The number of sulfonamides is 1. The Labute approximate surface area is 157 Å². The Morgan fingerprint density at radius 1 is 1.15 bits per heavy atom. The standard InChI is InChI=1S/C18H19ClFNO4S/c1-3-21(4-2)26(23,24)17-11-13(9-10-15(17)19)18(22)25-12-14-7-5-6-8-16(14)20/h5-11H,3-4,12H2,1-2H3. The summed E-state index contributed by atoms with van der Waals surface area (Å²) in [6.07, 6.45) is 0. The van der Waals surface area contributed by atoms with Crippen LogP contribution in [0.2, 0.25) is 5.02 Å². The molecule has 0 saturated heterocycles. The molecule has 5 nitrogen and oxygen atoms in total. The van der Waals surface area contributed by atoms with E-state index in [9.17, 15) is 17.6 Å². The van der Waals surface area contributed by atoms with E-state index in [2.05, 4.69) is 0 Å². The summed E-state index contributed by atoms with van der Waals surface area (Å²) in [6.45, 7) is 3.71. The van der Waals surface area contributed by atoms with Crippen LogP contribution in [0.25, 0.3) is 0 Å². The second kappa shape index (κ2) is 8.62. The molecule has 2 aromatic rings. The number of hydrogen-bond donors (Lipinski definition) is 0. The van der Waals surface area contributed by atoms with Gasteiger partial charge in [0.15, 0.2) is 0 Å². The van der Waals surface area contributed by atoms with Gasteiger partial charge in [0.1, 0.15) is 17.3 Å². The molecule has 8 heteroatoms. The Morgan fingerprint density at radius 3 is 2.42 bits per heavy atom. The van der Waals surface area contributed by atoms with Crippen molar-refractivity contribution in [2.75, 3.05) is 13.1 Å². The lowest BCUT2D eigenvalue weighted by atomic mass is 10.2. The van der Waals surface area contributed by atoms with E-state index in [1.807, 2.05) is 0 Å². The number of ether oxygens (including phenoxy) is 1. The minimum Gasteiger partial charge on any atom is -0.457 e. The molecule has 140 valence electrons. The Balaban J connectivity index is 2.26. The molecular formula is C18H19ClFNO4S. The number of nitrogens with zero attached hydrogens (tertiary/aromatic N) is 1. The largest absolute Gasteiger partial charge is 0.457 e. The summed E-state index contributed by atoms with van der Waals surface area (Å²) in [6, 6.07) is 9.80. The molecule has 2 rings (SSSR count). The molecular weight excluding hydrogens is 381 g/mol. The van der Waals surface area contributed by atoms with Crippen molar-refractivity contribution >= 4 is 27.6 Å². The van der Waals surface area contributed by atoms with Crippen LogP contribution in [0.4, 0.5) is 4.39 Å². The molecule has 26 heavy (non-hydrogen) atoms. The normalized spacial score (nSPS) is 11.6. The quantitative estimate of drug-likeness (QED) is 0.663. The van der Waals surface area contributed by atoms with Gasteiger partial charge in [-0.15, -0.1) is 0 Å². The van der Waals surface area contributed by atoms with E-state index in [0.29, 0.717) is 0 Å². The molecule has 0 fully saturated rings. The summed E-state index contributed by atoms with van der Waals surface area (Å²) in [5, 5.41) is 0.0163. The molecule has 0 aliphatic rings. The first kappa shape index (κ1) is 20.4. The monoisotopic (exact) mass is 399 g/mol. The number of hydrogen-bond acceptors (Lipinski definition) is 4. The molecule has 0 spiro atoms. The van der Waals surface area contributed by atoms with Gasteiger partial charge in [0.2, 0.25) is 10.0 Å². The van der Waals surface area contributed by atoms with Crippen LogP contribution in [0, 0.1) is 5.82 Å². The fourth-order valence-corrected chi connectivity index (χ4v) is 4.33. The van der Waals surface area contributed by atoms with E-state index >= 15 is 0 Å². The average Bonchev–Trinajstić information content (AvgIpc) is 2.61. The highest BCUT2D eigenvalue weighted by molar-refractivity contribution is 7.89. The summed E-state index contributed by atoms with van der Waals surface area (Å²) in [5.74, 6) is -1.25. The van der Waals surface area contributed by atoms with Gasteiger partial charge in [-0.05, 0) is 24.3 Å². The van der Waals surface area contributed by atoms with Gasteiger partial charge >= 0.3 is 5.97 Å². The van der Waals surface area contributed by atoms with Crippen molar-refractivity contribution in [3.8, 4) is 0 Å². The van der Waals surface area contributed by atoms with Gasteiger partial charge in [0.05, 0.1) is 10.6 Å². The van der Waals surface area contributed by atoms with Crippen LogP contribution >= 0.6 is 11.6 Å². The fraction of sp³-hybridized carbons (Fsp3) is 0.278. The predicted molar refractivity (Wildman–Crippen MR) is 97.1 cm³/mol. The van der Waals surface area contributed by atoms with Gasteiger partial charge in [0, 0.05) is 18.7 Å². The summed E-state index contributed by atoms with van der Waals surface area (Å²) in [4.78, 5) is 12.1. The molecule has 0 radical (unpaired) electrons. The molecule has 2 aromatic carbocycles. The van der Waals surface area contributed by atoms with Crippen LogP contribution in [0.1, 0.15) is 29.8 Å². The van der Waals surface area contributed by atoms with Gasteiger partial charge in [0.25, 0.3) is 0 Å². The Morgan fingerprint density at radius 2 is 1.81 bits per heavy atom. The van der Waals surface area contributed by atoms with Crippen molar-refractivity contribution in [3.63, 3.8) is 0 Å². The highest BCUT2D eigenvalue weighted by Crippen LogP contribution is 2.26. The molecule has 0 amide bonds. The molecule has 0 unspecified atom stereocenters. The van der Waals surface area contributed by atoms with E-state index < -0.39 is 21.8 Å². The maximum absolute atomic E-state index is 13.6. The first-order valence-corrected chi connectivity index (χ1v) is 9.83. The SMILES string of the molecule is CCN(CC)S(=O)(=O)c1cc(C(=O)OCc2ccccc2F)ccc1Cl. The molecule has 0 atom stereocenters. The molecule has 0 saturated carbocycles. The summed E-state index contributed by atoms with van der Waals surface area (Å²) >= 11 is 6.03. The number of benzene rings is 2. The van der Waals surface area contributed by atoms with Crippen molar-refractivity contribution in [2.45, 2.75) is 25.3 Å². The third kappa shape index (κ3) is 4.41. The van der Waals surface area contributed by atoms with Crippen LogP contribution in [-0.2, 0) is 21.4 Å². The smallest absolute Gasteiger partial charge is 0.338 e. The lowest BCUT2D eigenvalue weighted by molar-refractivity contribution is 0.0468. The number of carbonyl (C=O) groups excluding carboxylic acids is 1. The zero-order valence-corrected chi connectivity index (χ0v) is 16.0. The van der Waals surface area contributed by atoms with Gasteiger partial charge in [-0.1, -0.05) is 43.6 Å². The number of carbonyl (C=O) groups is 1. The van der Waals surface area contributed by atoms with Crippen molar-refractivity contribution in [1.82, 2.24) is 4.31 Å². The zero-order valence-electron chi connectivity index (χ0n) is 14.4. The van der Waals surface area contributed by atoms with Crippen LogP contribution in [0.3, 0.4) is 0 Å². The topological polar surface area (TPSA) is 63.7 Å². The number of esters is 1. The minimum absolute atomic E-state index is 0.0163. The second-order valence-corrected chi connectivity index (χ2v) is 7.72. The molecule has 0 heterocycles. The molecule has 0 aliphatic heterocycles. The van der Waals surface area contributed by atoms with Crippen LogP contribution < -0.4 is 0 Å². The highest BCUT2D eigenvalue weighted by Gasteiger charge is 2.25. The zero-order chi connectivity index (χ0) is 19.3. The summed E-state index contributed by atoms with van der Waals surface area (Å²) < 4.78 is 45.2. The van der Waals surface area contributed by atoms with E-state index in [1.165, 1.54) is 40.7 Å². The van der Waals surface area contributed by atoms with E-state index in [0.717, 1.165) is 0 Å². The Bertz CT molecular complexity index is 898. The average molecular weight is 400 g/mol. The Kier molecular flexibility index (Phi) is 6.75. The van der Waals surface area contributed by atoms with Crippen molar-refractivity contribution in [1.29, 1.82) is 0 Å². The lowest BCUT2D eigenvalue weighted by Crippen LogP contribution is -2.31. The summed E-state index contributed by atoms with van der Waals surface area (Å²) in [5.41, 5.74) is 0.252. The van der Waals surface area contributed by atoms with Gasteiger partial charge in [-0.2, -0.15) is 4.31 Å². The van der Waals surface area contributed by atoms with Gasteiger partial charge < -0.3 is 4.74 Å². The van der Waals surface area contributed by atoms with E-state index in [1.54, 1.807) is 19.9 Å². The number of rotatable bonds is 7. The molecule has 0 aliphatic carbocycles. The van der Waals surface area contributed by atoms with Crippen molar-refractivity contribution < 1.29 is 22.3 Å². The molecule has 0 aromatic heterocycles. The lowest BCUT2D eigenvalue weighted by Gasteiger charge is -2.19. The van der Waals surface area contributed by atoms with Gasteiger partial charge in [-0.3, -0.25) is 0 Å². The second-order valence-electron chi connectivity index (χ2n) is 5.40. The number of halogens is 2. The predicted octanol–water partition coefficient (Wildman–Crippen LogP) is 3.87. The third-order valence-corrected chi connectivity index (χ3v) is 6.34. The minimum atomic E-state index is -3.83.